The van der Waals surface area contributed by atoms with E-state index in [-0.39, 0.29) is 18.0 Å². The van der Waals surface area contributed by atoms with E-state index < -0.39 is 0 Å². The summed E-state index contributed by atoms with van der Waals surface area (Å²) in [5, 5.41) is 0. The predicted octanol–water partition coefficient (Wildman–Crippen LogP) is 5.63. The summed E-state index contributed by atoms with van der Waals surface area (Å²) in [5.74, 6) is 1.99. The van der Waals surface area contributed by atoms with Crippen LogP contribution in [-0.4, -0.2) is 18.7 Å². The van der Waals surface area contributed by atoms with Gasteiger partial charge in [0.2, 0.25) is 0 Å². The average molecular weight is 344 g/mol. The van der Waals surface area contributed by atoms with Crippen LogP contribution in [-0.2, 0) is 9.53 Å². The molecule has 0 heterocycles. The number of benzene rings is 1. The molecule has 2 unspecified atom stereocenters. The molecule has 2 aliphatic rings. The van der Waals surface area contributed by atoms with E-state index >= 15 is 0 Å². The van der Waals surface area contributed by atoms with E-state index in [2.05, 4.69) is 25.1 Å². The molecule has 0 aromatic heterocycles. The van der Waals surface area contributed by atoms with Gasteiger partial charge in [0, 0.05) is 17.9 Å². The van der Waals surface area contributed by atoms with Crippen molar-refractivity contribution in [3.8, 4) is 5.75 Å². The predicted molar refractivity (Wildman–Crippen MR) is 99.9 cm³/mol. The highest BCUT2D eigenvalue weighted by Crippen LogP contribution is 2.40. The Labute approximate surface area is 152 Å². The Hall–Kier alpha value is -1.51. The molecular weight excluding hydrogens is 312 g/mol. The second kappa shape index (κ2) is 9.26. The summed E-state index contributed by atoms with van der Waals surface area (Å²) < 4.78 is 12.0. The summed E-state index contributed by atoms with van der Waals surface area (Å²) in [5.41, 5.74) is 1.23. The van der Waals surface area contributed by atoms with E-state index in [0.717, 1.165) is 56.8 Å². The lowest BCUT2D eigenvalue weighted by Gasteiger charge is -2.32. The highest BCUT2D eigenvalue weighted by Gasteiger charge is 2.32. The zero-order valence-electron chi connectivity index (χ0n) is 15.5. The van der Waals surface area contributed by atoms with Crippen LogP contribution in [0.3, 0.4) is 0 Å². The molecule has 0 radical (unpaired) electrons. The molecule has 2 atom stereocenters. The van der Waals surface area contributed by atoms with Gasteiger partial charge in [-0.1, -0.05) is 44.4 Å². The number of hydrogen-bond donors (Lipinski definition) is 0. The van der Waals surface area contributed by atoms with E-state index in [1.807, 2.05) is 6.07 Å². The molecule has 0 amide bonds. The minimum absolute atomic E-state index is 0.00792. The Bertz CT molecular complexity index is 550. The number of hydrogen-bond acceptors (Lipinski definition) is 3. The number of carbonyl (C=O) groups excluding carboxylic acids is 1. The van der Waals surface area contributed by atoms with Crippen molar-refractivity contribution in [3.63, 3.8) is 0 Å². The molecule has 2 saturated carbocycles. The third-order valence-electron chi connectivity index (χ3n) is 5.46. The van der Waals surface area contributed by atoms with Gasteiger partial charge in [-0.25, -0.2) is 0 Å². The molecule has 2 fully saturated rings. The molecule has 0 spiro atoms. The lowest BCUT2D eigenvalue weighted by atomic mass is 9.81. The number of esters is 1. The van der Waals surface area contributed by atoms with Crippen molar-refractivity contribution in [1.29, 1.82) is 0 Å². The highest BCUT2D eigenvalue weighted by atomic mass is 16.5. The van der Waals surface area contributed by atoms with Gasteiger partial charge in [-0.05, 0) is 50.5 Å². The van der Waals surface area contributed by atoms with E-state index in [4.69, 9.17) is 9.47 Å². The van der Waals surface area contributed by atoms with Gasteiger partial charge < -0.3 is 9.47 Å². The fourth-order valence-electron chi connectivity index (χ4n) is 3.75. The molecule has 1 aromatic carbocycles. The van der Waals surface area contributed by atoms with Gasteiger partial charge in [0.15, 0.2) is 0 Å². The van der Waals surface area contributed by atoms with Crippen LogP contribution in [0.15, 0.2) is 24.3 Å². The van der Waals surface area contributed by atoms with Gasteiger partial charge in [0.1, 0.15) is 11.9 Å². The third kappa shape index (κ3) is 5.49. The second-order valence-electron chi connectivity index (χ2n) is 7.67. The largest absolute Gasteiger partial charge is 0.493 e. The average Bonchev–Trinajstić information content (AvgIpc) is 3.45. The first-order chi connectivity index (χ1) is 12.3. The SMILES string of the molecule is CCCCCC(=O)OC1CCCCC1c1ccccc1OCC1CC1. The van der Waals surface area contributed by atoms with E-state index in [1.165, 1.54) is 24.8 Å². The van der Waals surface area contributed by atoms with Crippen LogP contribution in [0.2, 0.25) is 0 Å². The molecule has 0 N–H and O–H groups in total. The van der Waals surface area contributed by atoms with Crippen LogP contribution in [0.4, 0.5) is 0 Å². The van der Waals surface area contributed by atoms with Gasteiger partial charge in [-0.15, -0.1) is 0 Å². The molecular formula is C22H32O3. The minimum atomic E-state index is -0.0262. The first kappa shape index (κ1) is 18.3. The van der Waals surface area contributed by atoms with Crippen LogP contribution in [0, 0.1) is 5.92 Å². The van der Waals surface area contributed by atoms with Crippen LogP contribution >= 0.6 is 0 Å². The van der Waals surface area contributed by atoms with Crippen molar-refractivity contribution < 1.29 is 14.3 Å². The molecule has 25 heavy (non-hydrogen) atoms. The van der Waals surface area contributed by atoms with Crippen molar-refractivity contribution in [2.45, 2.75) is 83.2 Å². The summed E-state index contributed by atoms with van der Waals surface area (Å²) in [7, 11) is 0. The van der Waals surface area contributed by atoms with Crippen molar-refractivity contribution in [1.82, 2.24) is 0 Å². The van der Waals surface area contributed by atoms with Crippen molar-refractivity contribution in [3.05, 3.63) is 29.8 Å². The molecule has 0 saturated heterocycles. The molecule has 1 aromatic rings. The smallest absolute Gasteiger partial charge is 0.306 e. The van der Waals surface area contributed by atoms with Crippen molar-refractivity contribution in [2.75, 3.05) is 6.61 Å². The summed E-state index contributed by atoms with van der Waals surface area (Å²) in [4.78, 5) is 12.2. The molecule has 3 heteroatoms. The minimum Gasteiger partial charge on any atom is -0.493 e. The summed E-state index contributed by atoms with van der Waals surface area (Å²) in [6.45, 7) is 2.98. The molecule has 3 rings (SSSR count). The number of unbranched alkanes of at least 4 members (excludes halogenated alkanes) is 2. The summed E-state index contributed by atoms with van der Waals surface area (Å²) >= 11 is 0. The number of carbonyl (C=O) groups is 1. The molecule has 138 valence electrons. The Morgan fingerprint density at radius 2 is 1.88 bits per heavy atom. The van der Waals surface area contributed by atoms with Gasteiger partial charge in [0.05, 0.1) is 6.61 Å². The molecule has 0 bridgehead atoms. The van der Waals surface area contributed by atoms with Gasteiger partial charge in [-0.3, -0.25) is 4.79 Å². The maximum Gasteiger partial charge on any atom is 0.306 e. The molecule has 3 nitrogen and oxygen atoms in total. The maximum atomic E-state index is 12.2. The second-order valence-corrected chi connectivity index (χ2v) is 7.67. The number of ether oxygens (including phenoxy) is 2. The Morgan fingerprint density at radius 1 is 1.08 bits per heavy atom. The normalized spacial score (nSPS) is 23.2. The van der Waals surface area contributed by atoms with E-state index in [0.29, 0.717) is 6.42 Å². The van der Waals surface area contributed by atoms with Crippen LogP contribution in [0.1, 0.15) is 82.6 Å². The zero-order chi connectivity index (χ0) is 17.5. The third-order valence-corrected chi connectivity index (χ3v) is 5.46. The van der Waals surface area contributed by atoms with Gasteiger partial charge in [-0.2, -0.15) is 0 Å². The first-order valence-corrected chi connectivity index (χ1v) is 10.2. The lowest BCUT2D eigenvalue weighted by Crippen LogP contribution is -2.29. The van der Waals surface area contributed by atoms with Gasteiger partial charge >= 0.3 is 5.97 Å². The van der Waals surface area contributed by atoms with Crippen molar-refractivity contribution in [2.24, 2.45) is 5.92 Å². The Kier molecular flexibility index (Phi) is 6.77. The lowest BCUT2D eigenvalue weighted by molar-refractivity contribution is -0.151. The summed E-state index contributed by atoms with van der Waals surface area (Å²) in [6, 6.07) is 8.36. The number of para-hydroxylation sites is 1. The number of rotatable bonds is 9. The zero-order valence-corrected chi connectivity index (χ0v) is 15.5. The summed E-state index contributed by atoms with van der Waals surface area (Å²) in [6.07, 6.45) is 10.7. The van der Waals surface area contributed by atoms with Crippen LogP contribution < -0.4 is 4.74 Å². The fourth-order valence-corrected chi connectivity index (χ4v) is 3.75. The van der Waals surface area contributed by atoms with Gasteiger partial charge in [0.25, 0.3) is 0 Å². The highest BCUT2D eigenvalue weighted by molar-refractivity contribution is 5.69. The maximum absolute atomic E-state index is 12.2. The Balaban J connectivity index is 1.64. The quantitative estimate of drug-likeness (QED) is 0.430. The molecule has 2 aliphatic carbocycles. The van der Waals surface area contributed by atoms with Crippen LogP contribution in [0.25, 0.3) is 0 Å². The van der Waals surface area contributed by atoms with Crippen LogP contribution in [0.5, 0.6) is 5.75 Å². The first-order valence-electron chi connectivity index (χ1n) is 10.2. The standard InChI is InChI=1S/C22H32O3/c1-2-3-4-13-22(23)25-21-12-8-6-10-19(21)18-9-5-7-11-20(18)24-16-17-14-15-17/h5,7,9,11,17,19,21H,2-4,6,8,10,12-16H2,1H3. The monoisotopic (exact) mass is 344 g/mol. The Morgan fingerprint density at radius 3 is 2.68 bits per heavy atom. The van der Waals surface area contributed by atoms with E-state index in [1.54, 1.807) is 0 Å². The van der Waals surface area contributed by atoms with E-state index in [9.17, 15) is 4.79 Å². The van der Waals surface area contributed by atoms with Crippen molar-refractivity contribution >= 4 is 5.97 Å². The molecule has 0 aliphatic heterocycles. The topological polar surface area (TPSA) is 35.5 Å². The fraction of sp³-hybridized carbons (Fsp3) is 0.682.